The predicted octanol–water partition coefficient (Wildman–Crippen LogP) is 4.33. The van der Waals surface area contributed by atoms with Crippen LogP contribution in [0, 0.1) is 0 Å². The summed E-state index contributed by atoms with van der Waals surface area (Å²) in [6, 6.07) is 22.5. The number of carbonyl (C=O) groups excluding carboxylic acids is 2. The smallest absolute Gasteiger partial charge is 0.345 e. The van der Waals surface area contributed by atoms with E-state index in [0.29, 0.717) is 5.56 Å². The number of H-pyrrole nitrogens is 2. The van der Waals surface area contributed by atoms with Crippen LogP contribution in [-0.4, -0.2) is 42.8 Å². The molecule has 2 N–H and O–H groups in total. The average molecular weight is 531 g/mol. The molecule has 0 atom stereocenters. The van der Waals surface area contributed by atoms with Crippen LogP contribution in [0.15, 0.2) is 85.2 Å². The Bertz CT molecular complexity index is 1680. The van der Waals surface area contributed by atoms with Crippen LogP contribution in [0.5, 0.6) is 11.8 Å². The largest absolute Gasteiger partial charge is 0.400 e. The van der Waals surface area contributed by atoms with Gasteiger partial charge in [-0.05, 0) is 56.9 Å². The summed E-state index contributed by atoms with van der Waals surface area (Å²) in [7, 11) is 0. The number of aromatic nitrogens is 6. The molecule has 1 radical (unpaired) electrons. The minimum atomic E-state index is -0.647. The van der Waals surface area contributed by atoms with E-state index in [4.69, 9.17) is 9.47 Å². The van der Waals surface area contributed by atoms with Crippen molar-refractivity contribution in [3.63, 3.8) is 0 Å². The van der Waals surface area contributed by atoms with Crippen molar-refractivity contribution < 1.29 is 36.1 Å². The fraction of sp³-hybridized carbons (Fsp3) is 0. The normalized spacial score (nSPS) is 10.7. The Balaban J connectivity index is 0.00000280. The van der Waals surface area contributed by atoms with E-state index in [0.717, 1.165) is 27.1 Å². The summed E-state index contributed by atoms with van der Waals surface area (Å²) < 4.78 is 10.7. The molecule has 0 saturated heterocycles. The molecule has 2 aromatic heterocycles. The van der Waals surface area contributed by atoms with Crippen molar-refractivity contribution in [1.29, 1.82) is 0 Å². The van der Waals surface area contributed by atoms with Gasteiger partial charge in [-0.25, -0.2) is 9.59 Å². The molecular formula is C26H16MnN6O4. The number of hydrogen-bond acceptors (Lipinski definition) is 8. The van der Waals surface area contributed by atoms with E-state index in [-0.39, 0.29) is 40.0 Å². The van der Waals surface area contributed by atoms with Crippen molar-refractivity contribution in [3.8, 4) is 22.9 Å². The molecule has 0 aliphatic carbocycles. The number of ether oxygens (including phenoxy) is 2. The molecule has 0 aliphatic heterocycles. The van der Waals surface area contributed by atoms with Gasteiger partial charge in [-0.2, -0.15) is 0 Å². The molecule has 0 saturated carbocycles. The van der Waals surface area contributed by atoms with Crippen LogP contribution < -0.4 is 9.47 Å². The van der Waals surface area contributed by atoms with Gasteiger partial charge in [0.05, 0.1) is 23.5 Å². The third kappa shape index (κ3) is 4.56. The van der Waals surface area contributed by atoms with E-state index in [1.54, 1.807) is 6.07 Å². The fourth-order valence-electron chi connectivity index (χ4n) is 4.15. The Hall–Kier alpha value is -4.86. The Morgan fingerprint density at radius 1 is 0.676 bits per heavy atom. The molecule has 10 nitrogen and oxygen atoms in total. The number of nitrogens with one attached hydrogen (secondary N) is 2. The number of carbonyl (C=O) groups is 2. The van der Waals surface area contributed by atoms with Crippen molar-refractivity contribution in [3.05, 3.63) is 96.3 Å². The minimum absolute atomic E-state index is 0. The van der Waals surface area contributed by atoms with Crippen LogP contribution in [0.4, 0.5) is 0 Å². The van der Waals surface area contributed by atoms with E-state index in [1.807, 2.05) is 48.5 Å². The maximum Gasteiger partial charge on any atom is 0.345 e. The molecule has 0 aliphatic rings. The second kappa shape index (κ2) is 10.0. The van der Waals surface area contributed by atoms with Crippen molar-refractivity contribution in [2.45, 2.75) is 0 Å². The molecule has 2 heterocycles. The molecule has 0 amide bonds. The maximum atomic E-state index is 13.3. The van der Waals surface area contributed by atoms with Crippen molar-refractivity contribution >= 4 is 33.5 Å². The molecule has 0 bridgehead atoms. The number of esters is 2. The zero-order valence-corrected chi connectivity index (χ0v) is 20.1. The van der Waals surface area contributed by atoms with Crippen molar-refractivity contribution in [2.24, 2.45) is 0 Å². The van der Waals surface area contributed by atoms with E-state index in [9.17, 15) is 9.59 Å². The first-order valence-electron chi connectivity index (χ1n) is 10.9. The molecule has 0 spiro atoms. The van der Waals surface area contributed by atoms with Crippen LogP contribution in [0.3, 0.4) is 0 Å². The fourth-order valence-corrected chi connectivity index (χ4v) is 4.15. The SMILES string of the molecule is O=C(Oc1c[nH]nn1)c1ccc(C(=O)Oc2c[nH]nn2)c(-c2c3ccccc3cc3ccccc23)c1.[Mn]. The quantitative estimate of drug-likeness (QED) is 0.191. The summed E-state index contributed by atoms with van der Waals surface area (Å²) in [5, 5.41) is 23.3. The predicted molar refractivity (Wildman–Crippen MR) is 130 cm³/mol. The summed E-state index contributed by atoms with van der Waals surface area (Å²) in [6.07, 6.45) is 2.73. The average Bonchev–Trinajstić information content (AvgIpc) is 3.61. The third-order valence-corrected chi connectivity index (χ3v) is 5.70. The Kier molecular flexibility index (Phi) is 6.46. The van der Waals surface area contributed by atoms with E-state index in [2.05, 4.69) is 36.9 Å². The number of benzene rings is 4. The summed E-state index contributed by atoms with van der Waals surface area (Å²) in [5.41, 5.74) is 1.76. The van der Waals surface area contributed by atoms with Gasteiger partial charge in [-0.15, -0.1) is 0 Å². The van der Waals surface area contributed by atoms with E-state index in [1.165, 1.54) is 24.5 Å². The van der Waals surface area contributed by atoms with Crippen LogP contribution in [0.1, 0.15) is 20.7 Å². The molecule has 6 aromatic rings. The van der Waals surface area contributed by atoms with Gasteiger partial charge in [0.15, 0.2) is 0 Å². The van der Waals surface area contributed by atoms with Gasteiger partial charge < -0.3 is 9.47 Å². The Labute approximate surface area is 219 Å². The first-order valence-corrected chi connectivity index (χ1v) is 10.9. The summed E-state index contributed by atoms with van der Waals surface area (Å²) in [5.74, 6) is -1.23. The Morgan fingerprint density at radius 2 is 1.24 bits per heavy atom. The van der Waals surface area contributed by atoms with Gasteiger partial charge >= 0.3 is 11.9 Å². The van der Waals surface area contributed by atoms with Gasteiger partial charge in [0.1, 0.15) is 0 Å². The number of rotatable bonds is 5. The maximum absolute atomic E-state index is 13.3. The van der Waals surface area contributed by atoms with Gasteiger partial charge in [0.2, 0.25) is 0 Å². The molecule has 0 unspecified atom stereocenters. The second-order valence-corrected chi connectivity index (χ2v) is 7.86. The molecule has 0 fully saturated rings. The molecule has 6 rings (SSSR count). The van der Waals surface area contributed by atoms with Gasteiger partial charge in [0.25, 0.3) is 11.8 Å². The Morgan fingerprint density at radius 3 is 1.81 bits per heavy atom. The third-order valence-electron chi connectivity index (χ3n) is 5.70. The van der Waals surface area contributed by atoms with E-state index >= 15 is 0 Å². The molecule has 181 valence electrons. The standard InChI is InChI=1S/C26H16N6O4.Mn/c33-25(35-22-13-27-31-29-22)17-9-10-20(26(34)36-23-14-28-32-30-23)21(12-17)24-18-7-3-1-5-15(18)11-16-6-2-4-8-19(16)24;/h1-14H,(H,27,29,31)(H,28,30,32);. The zero-order valence-electron chi connectivity index (χ0n) is 18.9. The summed E-state index contributed by atoms with van der Waals surface area (Å²) >= 11 is 0. The first-order chi connectivity index (χ1) is 17.7. The number of hydrogen-bond donors (Lipinski definition) is 2. The van der Waals surface area contributed by atoms with Crippen LogP contribution >= 0.6 is 0 Å². The molecule has 11 heteroatoms. The van der Waals surface area contributed by atoms with Crippen LogP contribution in [0.2, 0.25) is 0 Å². The summed E-state index contributed by atoms with van der Waals surface area (Å²) in [4.78, 5) is 26.2. The number of nitrogens with zero attached hydrogens (tertiary/aromatic N) is 4. The number of aromatic amines is 2. The van der Waals surface area contributed by atoms with Crippen LogP contribution in [-0.2, 0) is 17.1 Å². The van der Waals surface area contributed by atoms with Crippen molar-refractivity contribution in [1.82, 2.24) is 30.8 Å². The first kappa shape index (κ1) is 23.9. The van der Waals surface area contributed by atoms with Crippen molar-refractivity contribution in [2.75, 3.05) is 0 Å². The van der Waals surface area contributed by atoms with Crippen LogP contribution in [0.25, 0.3) is 32.7 Å². The molecule has 4 aromatic carbocycles. The van der Waals surface area contributed by atoms with Gasteiger partial charge in [-0.3, -0.25) is 10.2 Å². The topological polar surface area (TPSA) is 136 Å². The monoisotopic (exact) mass is 531 g/mol. The molecule has 37 heavy (non-hydrogen) atoms. The summed E-state index contributed by atoms with van der Waals surface area (Å²) in [6.45, 7) is 0. The second-order valence-electron chi connectivity index (χ2n) is 7.86. The van der Waals surface area contributed by atoms with E-state index < -0.39 is 11.9 Å². The van der Waals surface area contributed by atoms with Gasteiger partial charge in [-0.1, -0.05) is 69.2 Å². The molecular weight excluding hydrogens is 515 g/mol. The van der Waals surface area contributed by atoms with Gasteiger partial charge in [0, 0.05) is 17.1 Å². The minimum Gasteiger partial charge on any atom is -0.400 e. The number of fused-ring (bicyclic) bond motifs is 2. The zero-order chi connectivity index (χ0) is 24.5.